The first-order chi connectivity index (χ1) is 7.76. The molecule has 0 aliphatic heterocycles. The Morgan fingerprint density at radius 3 is 2.19 bits per heavy atom. The minimum atomic E-state index is -0.358. The molecule has 3 N–H and O–H groups in total. The summed E-state index contributed by atoms with van der Waals surface area (Å²) in [4.78, 5) is 0. The number of hydrazone groups is 1. The normalized spacial score (nSPS) is 10.8. The van der Waals surface area contributed by atoms with E-state index in [2.05, 4.69) is 20.8 Å². The van der Waals surface area contributed by atoms with Crippen LogP contribution in [0.15, 0.2) is 39.7 Å². The number of nitrogens with one attached hydrogen (secondary N) is 1. The molecular formula is C9H9FN4O2. The highest BCUT2D eigenvalue weighted by Crippen LogP contribution is 2.07. The van der Waals surface area contributed by atoms with Gasteiger partial charge in [-0.2, -0.15) is 5.10 Å². The van der Waals surface area contributed by atoms with Crippen molar-refractivity contribution in [3.63, 3.8) is 0 Å². The third-order valence-corrected chi connectivity index (χ3v) is 1.54. The monoisotopic (exact) mass is 224 g/mol. The molecular weight excluding hydrogens is 215 g/mol. The van der Waals surface area contributed by atoms with Gasteiger partial charge in [0.25, 0.3) is 0 Å². The predicted octanol–water partition coefficient (Wildman–Crippen LogP) is 1.51. The van der Waals surface area contributed by atoms with Crippen molar-refractivity contribution in [1.29, 1.82) is 0 Å². The average molecular weight is 224 g/mol. The van der Waals surface area contributed by atoms with Gasteiger partial charge in [-0.25, -0.2) is 4.39 Å². The van der Waals surface area contributed by atoms with Crippen LogP contribution in [0.1, 0.15) is 0 Å². The molecule has 0 bridgehead atoms. The van der Waals surface area contributed by atoms with Gasteiger partial charge in [0.15, 0.2) is 0 Å². The lowest BCUT2D eigenvalue weighted by Gasteiger charge is -1.99. The van der Waals surface area contributed by atoms with Gasteiger partial charge < -0.3 is 10.4 Å². The lowest BCUT2D eigenvalue weighted by atomic mass is 10.3. The van der Waals surface area contributed by atoms with Gasteiger partial charge in [-0.15, -0.1) is 0 Å². The fourth-order valence-corrected chi connectivity index (χ4v) is 0.863. The first kappa shape index (κ1) is 11.6. The summed E-state index contributed by atoms with van der Waals surface area (Å²) in [6.45, 7) is 0. The van der Waals surface area contributed by atoms with Crippen molar-refractivity contribution in [2.45, 2.75) is 0 Å². The molecule has 84 valence electrons. The Bertz CT molecular complexity index is 400. The van der Waals surface area contributed by atoms with Gasteiger partial charge >= 0.3 is 0 Å². The van der Waals surface area contributed by atoms with Crippen molar-refractivity contribution >= 4 is 23.8 Å². The highest BCUT2D eigenvalue weighted by molar-refractivity contribution is 6.55. The summed E-state index contributed by atoms with van der Waals surface area (Å²) in [5.74, 6) is -0.358. The van der Waals surface area contributed by atoms with Crippen molar-refractivity contribution < 1.29 is 14.8 Å². The molecule has 0 fully saturated rings. The van der Waals surface area contributed by atoms with Gasteiger partial charge in [0.1, 0.15) is 11.5 Å². The van der Waals surface area contributed by atoms with E-state index in [1.54, 1.807) is 0 Å². The molecule has 7 heteroatoms. The fraction of sp³-hybridized carbons (Fsp3) is 0. The van der Waals surface area contributed by atoms with Crippen molar-refractivity contribution in [1.82, 2.24) is 0 Å². The van der Waals surface area contributed by atoms with Gasteiger partial charge in [-0.05, 0) is 24.3 Å². The molecule has 0 aliphatic carbocycles. The van der Waals surface area contributed by atoms with Gasteiger partial charge in [-0.3, -0.25) is 5.43 Å². The molecule has 0 aliphatic rings. The first-order valence-corrected chi connectivity index (χ1v) is 4.20. The number of hydrogen-bond acceptors (Lipinski definition) is 6. The molecule has 6 nitrogen and oxygen atoms in total. The topological polar surface area (TPSA) is 89.6 Å². The number of rotatable bonds is 4. The standard InChI is InChI=1S/C9H9FN4O2/c10-7-1-3-8(4-2-7)13-14-9(5-11-15)6-12-16/h1-6,13,15-16H. The third kappa shape index (κ3) is 3.74. The molecule has 0 heterocycles. The van der Waals surface area contributed by atoms with E-state index in [1.165, 1.54) is 24.3 Å². The van der Waals surface area contributed by atoms with E-state index in [-0.39, 0.29) is 11.5 Å². The number of anilines is 1. The van der Waals surface area contributed by atoms with Crippen LogP contribution >= 0.6 is 0 Å². The molecule has 1 aromatic carbocycles. The molecule has 1 aromatic rings. The van der Waals surface area contributed by atoms with Gasteiger partial charge in [0, 0.05) is 0 Å². The van der Waals surface area contributed by atoms with Gasteiger partial charge in [0.05, 0.1) is 18.1 Å². The van der Waals surface area contributed by atoms with Crippen LogP contribution in [0, 0.1) is 5.82 Å². The second kappa shape index (κ2) is 6.12. The summed E-state index contributed by atoms with van der Waals surface area (Å²) >= 11 is 0. The summed E-state index contributed by atoms with van der Waals surface area (Å²) in [7, 11) is 0. The maximum Gasteiger partial charge on any atom is 0.126 e. The van der Waals surface area contributed by atoms with Crippen LogP contribution < -0.4 is 5.43 Å². The maximum atomic E-state index is 12.6. The Hall–Kier alpha value is -2.44. The summed E-state index contributed by atoms with van der Waals surface area (Å²) in [5, 5.41) is 25.7. The predicted molar refractivity (Wildman–Crippen MR) is 58.0 cm³/mol. The zero-order chi connectivity index (χ0) is 11.8. The van der Waals surface area contributed by atoms with Crippen LogP contribution in [-0.2, 0) is 0 Å². The van der Waals surface area contributed by atoms with Crippen molar-refractivity contribution in [2.75, 3.05) is 5.43 Å². The second-order valence-electron chi connectivity index (χ2n) is 2.64. The quantitative estimate of drug-likeness (QED) is 0.411. The number of hydrogen-bond donors (Lipinski definition) is 3. The van der Waals surface area contributed by atoms with Gasteiger partial charge in [0.2, 0.25) is 0 Å². The molecule has 0 radical (unpaired) electrons. The number of oxime groups is 2. The Kier molecular flexibility index (Phi) is 4.45. The SMILES string of the molecule is ON=CC(C=NO)=NNc1ccc(F)cc1. The lowest BCUT2D eigenvalue weighted by molar-refractivity contribution is 0.321. The van der Waals surface area contributed by atoms with E-state index in [0.29, 0.717) is 5.69 Å². The Morgan fingerprint density at radius 2 is 1.69 bits per heavy atom. The summed E-state index contributed by atoms with van der Waals surface area (Å²) in [6.07, 6.45) is 1.94. The van der Waals surface area contributed by atoms with Gasteiger partial charge in [-0.1, -0.05) is 10.3 Å². The number of nitrogens with zero attached hydrogens (tertiary/aromatic N) is 3. The number of benzene rings is 1. The molecule has 0 unspecified atom stereocenters. The summed E-state index contributed by atoms with van der Waals surface area (Å²) in [6, 6.07) is 5.47. The summed E-state index contributed by atoms with van der Waals surface area (Å²) in [5.41, 5.74) is 3.19. The van der Waals surface area contributed by atoms with Crippen LogP contribution in [0.2, 0.25) is 0 Å². The Labute approximate surface area is 90.4 Å². The fourth-order valence-electron chi connectivity index (χ4n) is 0.863. The van der Waals surface area contributed by atoms with E-state index in [1.807, 2.05) is 0 Å². The number of halogens is 1. The van der Waals surface area contributed by atoms with Crippen molar-refractivity contribution in [2.24, 2.45) is 15.4 Å². The summed E-state index contributed by atoms with van der Waals surface area (Å²) < 4.78 is 12.6. The molecule has 0 atom stereocenters. The minimum absolute atomic E-state index is 0.0920. The maximum absolute atomic E-state index is 12.6. The third-order valence-electron chi connectivity index (χ3n) is 1.54. The van der Waals surface area contributed by atoms with Crippen molar-refractivity contribution in [3.8, 4) is 0 Å². The smallest absolute Gasteiger partial charge is 0.126 e. The van der Waals surface area contributed by atoms with E-state index in [4.69, 9.17) is 10.4 Å². The molecule has 1 rings (SSSR count). The van der Waals surface area contributed by atoms with E-state index in [0.717, 1.165) is 12.4 Å². The molecule has 0 saturated carbocycles. The van der Waals surface area contributed by atoms with E-state index >= 15 is 0 Å². The minimum Gasteiger partial charge on any atom is -0.411 e. The van der Waals surface area contributed by atoms with Crippen LogP contribution in [-0.4, -0.2) is 28.6 Å². The van der Waals surface area contributed by atoms with Crippen LogP contribution in [0.5, 0.6) is 0 Å². The zero-order valence-electron chi connectivity index (χ0n) is 8.08. The Balaban J connectivity index is 2.72. The molecule has 0 saturated heterocycles. The lowest BCUT2D eigenvalue weighted by Crippen LogP contribution is -2.05. The first-order valence-electron chi connectivity index (χ1n) is 4.20. The van der Waals surface area contributed by atoms with Crippen molar-refractivity contribution in [3.05, 3.63) is 30.1 Å². The highest BCUT2D eigenvalue weighted by Gasteiger charge is 1.93. The van der Waals surface area contributed by atoms with Crippen LogP contribution in [0.4, 0.5) is 10.1 Å². The second-order valence-corrected chi connectivity index (χ2v) is 2.64. The van der Waals surface area contributed by atoms with Crippen LogP contribution in [0.25, 0.3) is 0 Å². The molecule has 0 spiro atoms. The largest absolute Gasteiger partial charge is 0.411 e. The van der Waals surface area contributed by atoms with E-state index in [9.17, 15) is 4.39 Å². The molecule has 0 aromatic heterocycles. The zero-order valence-corrected chi connectivity index (χ0v) is 8.08. The van der Waals surface area contributed by atoms with Crippen LogP contribution in [0.3, 0.4) is 0 Å². The molecule has 16 heavy (non-hydrogen) atoms. The Morgan fingerprint density at radius 1 is 1.12 bits per heavy atom. The van der Waals surface area contributed by atoms with E-state index < -0.39 is 0 Å². The average Bonchev–Trinajstić information content (AvgIpc) is 2.29. The highest BCUT2D eigenvalue weighted by atomic mass is 19.1. The molecule has 0 amide bonds.